The molecule has 0 radical (unpaired) electrons. The first kappa shape index (κ1) is 27.8. The molecule has 34 heavy (non-hydrogen) atoms. The number of aliphatic hydroxyl groups is 1. The van der Waals surface area contributed by atoms with E-state index in [1.807, 2.05) is 26.8 Å². The second-order valence-electron chi connectivity index (χ2n) is 10.3. The number of hydrogen-bond acceptors (Lipinski definition) is 6. The average molecular weight is 473 g/mol. The number of carbonyl (C=O) groups is 2. The molecule has 188 valence electrons. The average Bonchev–Trinajstić information content (AvgIpc) is 3.01. The Balaban J connectivity index is 1.87. The van der Waals surface area contributed by atoms with E-state index in [9.17, 15) is 19.8 Å². The van der Waals surface area contributed by atoms with Gasteiger partial charge in [0.25, 0.3) is 0 Å². The summed E-state index contributed by atoms with van der Waals surface area (Å²) in [7, 11) is 1.61. The molecule has 1 fully saturated rings. The first-order valence-corrected chi connectivity index (χ1v) is 11.9. The number of benzene rings is 1. The van der Waals surface area contributed by atoms with Crippen LogP contribution in [0, 0.1) is 6.92 Å². The smallest absolute Gasteiger partial charge is 0.167 e. The maximum atomic E-state index is 12.5. The molecule has 0 spiro atoms. The fourth-order valence-electron chi connectivity index (χ4n) is 4.40. The van der Waals surface area contributed by atoms with Gasteiger partial charge in [-0.05, 0) is 91.0 Å². The Morgan fingerprint density at radius 1 is 1.29 bits per heavy atom. The summed E-state index contributed by atoms with van der Waals surface area (Å²) in [5.41, 5.74) is 1.74. The van der Waals surface area contributed by atoms with E-state index in [2.05, 4.69) is 0 Å². The Hall–Kier alpha value is -2.44. The highest BCUT2D eigenvalue weighted by Crippen LogP contribution is 2.36. The van der Waals surface area contributed by atoms with Gasteiger partial charge in [0.15, 0.2) is 11.6 Å². The summed E-state index contributed by atoms with van der Waals surface area (Å²) in [5, 5.41) is 20.0. The fraction of sp³-hybridized carbons (Fsp3) is 0.571. The van der Waals surface area contributed by atoms with Crippen LogP contribution in [-0.2, 0) is 20.7 Å². The molecule has 2 N–H and O–H groups in total. The molecule has 0 aliphatic carbocycles. The van der Waals surface area contributed by atoms with Gasteiger partial charge < -0.3 is 19.7 Å². The zero-order chi connectivity index (χ0) is 25.7. The number of aryl methyl sites for hydroxylation is 1. The quantitative estimate of drug-likeness (QED) is 0.341. The third-order valence-electron chi connectivity index (χ3n) is 6.45. The van der Waals surface area contributed by atoms with E-state index < -0.39 is 17.3 Å². The SMILES string of the molecule is COc1c(C)cc(O)cc1C/C=C(\C)CC(=O)/C=C(\C)CCC[C@@]1(C)O[C@H](C(C)(C)O)CC1=O. The number of carbonyl (C=O) groups excluding carboxylic acids is 2. The number of phenols is 1. The van der Waals surface area contributed by atoms with Crippen molar-refractivity contribution in [1.82, 2.24) is 0 Å². The van der Waals surface area contributed by atoms with Crippen LogP contribution >= 0.6 is 0 Å². The molecular weight excluding hydrogens is 432 g/mol. The third kappa shape index (κ3) is 7.54. The molecule has 1 aromatic rings. The van der Waals surface area contributed by atoms with E-state index >= 15 is 0 Å². The normalized spacial score (nSPS) is 21.8. The van der Waals surface area contributed by atoms with Crippen LogP contribution in [0.5, 0.6) is 11.5 Å². The monoisotopic (exact) mass is 472 g/mol. The summed E-state index contributed by atoms with van der Waals surface area (Å²) in [6.07, 6.45) is 6.28. The number of phenolic OH excluding ortho intramolecular Hbond substituents is 1. The first-order valence-electron chi connectivity index (χ1n) is 11.9. The zero-order valence-corrected chi connectivity index (χ0v) is 21.7. The predicted molar refractivity (Wildman–Crippen MR) is 133 cm³/mol. The summed E-state index contributed by atoms with van der Waals surface area (Å²) >= 11 is 0. The second kappa shape index (κ2) is 11.3. The molecular formula is C28H40O6. The lowest BCUT2D eigenvalue weighted by Crippen LogP contribution is -2.38. The highest BCUT2D eigenvalue weighted by atomic mass is 16.5. The molecule has 6 heteroatoms. The minimum absolute atomic E-state index is 0.0247. The lowest BCUT2D eigenvalue weighted by atomic mass is 9.91. The van der Waals surface area contributed by atoms with Crippen molar-refractivity contribution in [3.8, 4) is 11.5 Å². The molecule has 1 heterocycles. The molecule has 6 nitrogen and oxygen atoms in total. The highest BCUT2D eigenvalue weighted by molar-refractivity contribution is 5.92. The lowest BCUT2D eigenvalue weighted by Gasteiger charge is -2.28. The maximum absolute atomic E-state index is 12.5. The Morgan fingerprint density at radius 3 is 2.56 bits per heavy atom. The summed E-state index contributed by atoms with van der Waals surface area (Å²) < 4.78 is 11.4. The number of ether oxygens (including phenoxy) is 2. The zero-order valence-electron chi connectivity index (χ0n) is 21.7. The van der Waals surface area contributed by atoms with Gasteiger partial charge in [0, 0.05) is 18.4 Å². The Morgan fingerprint density at radius 2 is 1.97 bits per heavy atom. The highest BCUT2D eigenvalue weighted by Gasteiger charge is 2.48. The minimum atomic E-state index is -1.05. The number of methoxy groups -OCH3 is 1. The second-order valence-corrected chi connectivity index (χ2v) is 10.3. The molecule has 0 bridgehead atoms. The number of rotatable bonds is 11. The molecule has 1 saturated heterocycles. The molecule has 2 rings (SSSR count). The van der Waals surface area contributed by atoms with E-state index in [0.29, 0.717) is 25.7 Å². The number of ketones is 2. The van der Waals surface area contributed by atoms with Crippen molar-refractivity contribution in [2.24, 2.45) is 0 Å². The van der Waals surface area contributed by atoms with Crippen molar-refractivity contribution in [2.45, 2.75) is 97.4 Å². The van der Waals surface area contributed by atoms with Gasteiger partial charge in [-0.1, -0.05) is 17.2 Å². The summed E-state index contributed by atoms with van der Waals surface area (Å²) in [5.74, 6) is 1.00. The van der Waals surface area contributed by atoms with Gasteiger partial charge in [0.2, 0.25) is 0 Å². The molecule has 0 saturated carbocycles. The Kier molecular flexibility index (Phi) is 9.26. The molecule has 1 aliphatic rings. The van der Waals surface area contributed by atoms with Gasteiger partial charge >= 0.3 is 0 Å². The van der Waals surface area contributed by atoms with Crippen molar-refractivity contribution in [2.75, 3.05) is 7.11 Å². The van der Waals surface area contributed by atoms with Crippen molar-refractivity contribution >= 4 is 11.6 Å². The molecule has 0 aromatic heterocycles. The number of allylic oxidation sites excluding steroid dienone is 4. The molecule has 1 aromatic carbocycles. The van der Waals surface area contributed by atoms with Gasteiger partial charge in [-0.2, -0.15) is 0 Å². The third-order valence-corrected chi connectivity index (χ3v) is 6.45. The van der Waals surface area contributed by atoms with E-state index in [-0.39, 0.29) is 23.7 Å². The van der Waals surface area contributed by atoms with Gasteiger partial charge in [0.05, 0.1) is 18.8 Å². The summed E-state index contributed by atoms with van der Waals surface area (Å²) in [4.78, 5) is 24.9. The van der Waals surface area contributed by atoms with E-state index in [0.717, 1.165) is 34.4 Å². The van der Waals surface area contributed by atoms with Gasteiger partial charge in [0.1, 0.15) is 17.1 Å². The summed E-state index contributed by atoms with van der Waals surface area (Å²) in [6, 6.07) is 3.35. The molecule has 0 amide bonds. The predicted octanol–water partition coefficient (Wildman–Crippen LogP) is 5.16. The van der Waals surface area contributed by atoms with Crippen LogP contribution in [0.4, 0.5) is 0 Å². The van der Waals surface area contributed by atoms with Crippen LogP contribution in [0.2, 0.25) is 0 Å². The van der Waals surface area contributed by atoms with Crippen molar-refractivity contribution < 1.29 is 29.3 Å². The summed E-state index contributed by atoms with van der Waals surface area (Å²) in [6.45, 7) is 10.8. The van der Waals surface area contributed by atoms with Gasteiger partial charge in [-0.15, -0.1) is 0 Å². The number of hydrogen-bond donors (Lipinski definition) is 2. The number of aromatic hydroxyl groups is 1. The first-order chi connectivity index (χ1) is 15.7. The van der Waals surface area contributed by atoms with Gasteiger partial charge in [-0.25, -0.2) is 0 Å². The largest absolute Gasteiger partial charge is 0.508 e. The van der Waals surface area contributed by atoms with Crippen molar-refractivity contribution in [1.29, 1.82) is 0 Å². The lowest BCUT2D eigenvalue weighted by molar-refractivity contribution is -0.141. The topological polar surface area (TPSA) is 93.1 Å². The van der Waals surface area contributed by atoms with Crippen LogP contribution < -0.4 is 4.74 Å². The van der Waals surface area contributed by atoms with Crippen LogP contribution in [0.1, 0.15) is 77.8 Å². The van der Waals surface area contributed by atoms with Crippen LogP contribution in [0.25, 0.3) is 0 Å². The standard InChI is InChI=1S/C28H40O6/c1-18(9-8-12-28(6)24(31)17-25(34-28)27(4,5)32)13-22(29)14-19(2)10-11-21-16-23(30)15-20(3)26(21)33-7/h10,13,15-16,25,30,32H,8-9,11-12,14,17H2,1-7H3/b18-13+,19-10+/t25-,28+/m0/s1. The number of Topliss-reactive ketones (excluding diaryl/α,β-unsaturated/α-hetero) is 1. The van der Waals surface area contributed by atoms with Gasteiger partial charge in [-0.3, -0.25) is 9.59 Å². The van der Waals surface area contributed by atoms with E-state index in [4.69, 9.17) is 9.47 Å². The van der Waals surface area contributed by atoms with E-state index in [1.165, 1.54) is 0 Å². The Labute approximate surface area is 203 Å². The van der Waals surface area contributed by atoms with Crippen molar-refractivity contribution in [3.63, 3.8) is 0 Å². The van der Waals surface area contributed by atoms with Crippen LogP contribution in [0.3, 0.4) is 0 Å². The van der Waals surface area contributed by atoms with Crippen LogP contribution in [-0.4, -0.2) is 46.2 Å². The molecule has 2 atom stereocenters. The van der Waals surface area contributed by atoms with Crippen molar-refractivity contribution in [3.05, 3.63) is 46.6 Å². The van der Waals surface area contributed by atoms with Crippen LogP contribution in [0.15, 0.2) is 35.4 Å². The fourth-order valence-corrected chi connectivity index (χ4v) is 4.40. The minimum Gasteiger partial charge on any atom is -0.508 e. The van der Waals surface area contributed by atoms with E-state index in [1.54, 1.807) is 46.1 Å². The molecule has 0 unspecified atom stereocenters. The Bertz CT molecular complexity index is 966. The maximum Gasteiger partial charge on any atom is 0.167 e. The molecule has 1 aliphatic heterocycles.